The van der Waals surface area contributed by atoms with Crippen LogP contribution >= 0.6 is 0 Å². The second-order valence-corrected chi connectivity index (χ2v) is 8.49. The summed E-state index contributed by atoms with van der Waals surface area (Å²) in [6.07, 6.45) is 0. The molecule has 172 valence electrons. The molecule has 0 spiro atoms. The molecule has 3 aromatic rings. The van der Waals surface area contributed by atoms with Gasteiger partial charge in [-0.2, -0.15) is 8.42 Å². The summed E-state index contributed by atoms with van der Waals surface area (Å²) in [5.41, 5.74) is 0.430. The lowest BCUT2D eigenvalue weighted by Crippen LogP contribution is -2.26. The molecule has 0 saturated heterocycles. The minimum atomic E-state index is -4.31. The van der Waals surface area contributed by atoms with Gasteiger partial charge in [-0.05, 0) is 48.0 Å². The molecule has 0 bridgehead atoms. The highest BCUT2D eigenvalue weighted by Gasteiger charge is 2.20. The van der Waals surface area contributed by atoms with Crippen molar-refractivity contribution in [2.45, 2.75) is 11.4 Å². The Labute approximate surface area is 189 Å². The van der Waals surface area contributed by atoms with Crippen LogP contribution in [0, 0.1) is 15.9 Å². The SMILES string of the molecule is COc1ccc(CN(C)C(=O)c2ccc(OS(=O)(=O)c3cccc([N+](=O)[O-])c3)cc2)cc1F. The van der Waals surface area contributed by atoms with Crippen LogP contribution < -0.4 is 8.92 Å². The van der Waals surface area contributed by atoms with Crippen LogP contribution in [0.5, 0.6) is 11.5 Å². The molecule has 0 heterocycles. The predicted molar refractivity (Wildman–Crippen MR) is 116 cm³/mol. The summed E-state index contributed by atoms with van der Waals surface area (Å²) in [5.74, 6) is -0.886. The molecule has 3 aromatic carbocycles. The van der Waals surface area contributed by atoms with Gasteiger partial charge < -0.3 is 13.8 Å². The molecule has 0 aliphatic rings. The first-order chi connectivity index (χ1) is 15.6. The standard InChI is InChI=1S/C22H19FN2O7S/c1-24(14-15-6-11-21(31-2)20(23)12-15)22(26)16-7-9-18(10-8-16)32-33(29,30)19-5-3-4-17(13-19)25(27)28/h3-13H,14H2,1-2H3. The Morgan fingerprint density at radius 1 is 1.09 bits per heavy atom. The van der Waals surface area contributed by atoms with E-state index < -0.39 is 20.9 Å². The minimum absolute atomic E-state index is 0.0714. The van der Waals surface area contributed by atoms with Gasteiger partial charge in [-0.3, -0.25) is 14.9 Å². The summed E-state index contributed by atoms with van der Waals surface area (Å²) in [7, 11) is -1.41. The number of nitrogens with zero attached hydrogens (tertiary/aromatic N) is 2. The molecular formula is C22H19FN2O7S. The van der Waals surface area contributed by atoms with Crippen molar-refractivity contribution < 1.29 is 31.4 Å². The second kappa shape index (κ2) is 9.65. The van der Waals surface area contributed by atoms with Crippen LogP contribution in [0.4, 0.5) is 10.1 Å². The normalized spacial score (nSPS) is 11.0. The third-order valence-electron chi connectivity index (χ3n) is 4.61. The minimum Gasteiger partial charge on any atom is -0.494 e. The Kier molecular flexibility index (Phi) is 6.92. The molecule has 0 fully saturated rings. The van der Waals surface area contributed by atoms with E-state index in [9.17, 15) is 27.7 Å². The van der Waals surface area contributed by atoms with Gasteiger partial charge in [0.15, 0.2) is 11.6 Å². The van der Waals surface area contributed by atoms with Crippen molar-refractivity contribution in [1.82, 2.24) is 4.90 Å². The fourth-order valence-corrected chi connectivity index (χ4v) is 3.93. The van der Waals surface area contributed by atoms with Gasteiger partial charge in [-0.25, -0.2) is 4.39 Å². The number of nitro groups is 1. The molecule has 0 aliphatic carbocycles. The van der Waals surface area contributed by atoms with Crippen LogP contribution in [0.1, 0.15) is 15.9 Å². The van der Waals surface area contributed by atoms with E-state index in [1.54, 1.807) is 13.1 Å². The quantitative estimate of drug-likeness (QED) is 0.277. The third kappa shape index (κ3) is 5.63. The number of halogens is 1. The van der Waals surface area contributed by atoms with Gasteiger partial charge in [0.2, 0.25) is 0 Å². The van der Waals surface area contributed by atoms with E-state index in [0.29, 0.717) is 5.56 Å². The number of nitro benzene ring substituents is 1. The molecule has 9 nitrogen and oxygen atoms in total. The first-order valence-corrected chi connectivity index (χ1v) is 10.9. The van der Waals surface area contributed by atoms with E-state index in [0.717, 1.165) is 12.1 Å². The lowest BCUT2D eigenvalue weighted by molar-refractivity contribution is -0.385. The molecular weight excluding hydrogens is 455 g/mol. The Morgan fingerprint density at radius 2 is 1.79 bits per heavy atom. The molecule has 3 rings (SSSR count). The zero-order chi connectivity index (χ0) is 24.2. The summed E-state index contributed by atoms with van der Waals surface area (Å²) in [6.45, 7) is 0.138. The van der Waals surface area contributed by atoms with Crippen molar-refractivity contribution in [3.05, 3.63) is 93.8 Å². The highest BCUT2D eigenvalue weighted by molar-refractivity contribution is 7.87. The predicted octanol–water partition coefficient (Wildman–Crippen LogP) is 3.78. The summed E-state index contributed by atoms with van der Waals surface area (Å²) in [4.78, 5) is 23.8. The number of amides is 1. The number of benzene rings is 3. The van der Waals surface area contributed by atoms with Gasteiger partial charge in [-0.15, -0.1) is 0 Å². The molecule has 0 unspecified atom stereocenters. The zero-order valence-electron chi connectivity index (χ0n) is 17.6. The average molecular weight is 474 g/mol. The van der Waals surface area contributed by atoms with Crippen molar-refractivity contribution in [2.75, 3.05) is 14.2 Å². The van der Waals surface area contributed by atoms with E-state index in [1.165, 1.54) is 60.5 Å². The van der Waals surface area contributed by atoms with Crippen molar-refractivity contribution in [2.24, 2.45) is 0 Å². The van der Waals surface area contributed by atoms with Gasteiger partial charge in [-0.1, -0.05) is 12.1 Å². The number of hydrogen-bond acceptors (Lipinski definition) is 7. The Bertz CT molecular complexity index is 1290. The molecule has 0 radical (unpaired) electrons. The fraction of sp³-hybridized carbons (Fsp3) is 0.136. The Morgan fingerprint density at radius 3 is 2.39 bits per heavy atom. The van der Waals surface area contributed by atoms with Gasteiger partial charge in [0.1, 0.15) is 10.6 Å². The Balaban J connectivity index is 1.70. The van der Waals surface area contributed by atoms with Crippen LogP contribution in [0.3, 0.4) is 0 Å². The zero-order valence-corrected chi connectivity index (χ0v) is 18.4. The average Bonchev–Trinajstić information content (AvgIpc) is 2.79. The maximum Gasteiger partial charge on any atom is 0.339 e. The van der Waals surface area contributed by atoms with Gasteiger partial charge in [0, 0.05) is 31.3 Å². The smallest absolute Gasteiger partial charge is 0.339 e. The number of carbonyl (C=O) groups is 1. The van der Waals surface area contributed by atoms with Crippen LogP contribution in [-0.4, -0.2) is 38.3 Å². The second-order valence-electron chi connectivity index (χ2n) is 6.95. The van der Waals surface area contributed by atoms with E-state index in [-0.39, 0.29) is 40.1 Å². The number of hydrogen-bond donors (Lipinski definition) is 0. The molecule has 11 heteroatoms. The Hall–Kier alpha value is -3.99. The van der Waals surface area contributed by atoms with E-state index in [4.69, 9.17) is 8.92 Å². The van der Waals surface area contributed by atoms with Crippen LogP contribution in [0.25, 0.3) is 0 Å². The molecule has 33 heavy (non-hydrogen) atoms. The van der Waals surface area contributed by atoms with E-state index in [2.05, 4.69) is 0 Å². The number of carbonyl (C=O) groups excluding carboxylic acids is 1. The third-order valence-corrected chi connectivity index (χ3v) is 5.85. The number of methoxy groups -OCH3 is 1. The summed E-state index contributed by atoms with van der Waals surface area (Å²) < 4.78 is 48.6. The van der Waals surface area contributed by atoms with Crippen molar-refractivity contribution in [3.63, 3.8) is 0 Å². The maximum atomic E-state index is 13.9. The monoisotopic (exact) mass is 474 g/mol. The lowest BCUT2D eigenvalue weighted by Gasteiger charge is -2.18. The van der Waals surface area contributed by atoms with Gasteiger partial charge in [0.05, 0.1) is 12.0 Å². The molecule has 0 N–H and O–H groups in total. The molecule has 1 amide bonds. The largest absolute Gasteiger partial charge is 0.494 e. The summed E-state index contributed by atoms with van der Waals surface area (Å²) >= 11 is 0. The molecule has 0 atom stereocenters. The van der Waals surface area contributed by atoms with Gasteiger partial charge >= 0.3 is 10.1 Å². The fourth-order valence-electron chi connectivity index (χ4n) is 2.95. The first kappa shape index (κ1) is 23.7. The van der Waals surface area contributed by atoms with Crippen molar-refractivity contribution in [3.8, 4) is 11.5 Å². The summed E-state index contributed by atoms with van der Waals surface area (Å²) in [5, 5.41) is 10.9. The highest BCUT2D eigenvalue weighted by Crippen LogP contribution is 2.23. The van der Waals surface area contributed by atoms with Crippen LogP contribution in [0.15, 0.2) is 71.6 Å². The lowest BCUT2D eigenvalue weighted by atomic mass is 10.1. The van der Waals surface area contributed by atoms with Gasteiger partial charge in [0.25, 0.3) is 11.6 Å². The molecule has 0 saturated carbocycles. The number of ether oxygens (including phenoxy) is 1. The number of non-ortho nitro benzene ring substituents is 1. The highest BCUT2D eigenvalue weighted by atomic mass is 32.2. The molecule has 0 aromatic heterocycles. The topological polar surface area (TPSA) is 116 Å². The molecule has 0 aliphatic heterocycles. The van der Waals surface area contributed by atoms with Crippen LogP contribution in [-0.2, 0) is 16.7 Å². The maximum absolute atomic E-state index is 13.9. The van der Waals surface area contributed by atoms with E-state index in [1.807, 2.05) is 0 Å². The van der Waals surface area contributed by atoms with Crippen molar-refractivity contribution >= 4 is 21.7 Å². The van der Waals surface area contributed by atoms with Crippen LogP contribution in [0.2, 0.25) is 0 Å². The van der Waals surface area contributed by atoms with Crippen molar-refractivity contribution in [1.29, 1.82) is 0 Å². The summed E-state index contributed by atoms with van der Waals surface area (Å²) in [6, 6.07) is 14.2. The van der Waals surface area contributed by atoms with E-state index >= 15 is 0 Å². The first-order valence-electron chi connectivity index (χ1n) is 9.47. The number of rotatable bonds is 8.